The third-order valence-corrected chi connectivity index (χ3v) is 4.97. The van der Waals surface area contributed by atoms with Gasteiger partial charge in [0.2, 0.25) is 0 Å². The summed E-state index contributed by atoms with van der Waals surface area (Å²) in [6.07, 6.45) is 0. The molecule has 0 N–H and O–H groups in total. The third kappa shape index (κ3) is 4.12. The summed E-state index contributed by atoms with van der Waals surface area (Å²) >= 11 is 0. The summed E-state index contributed by atoms with van der Waals surface area (Å²) in [7, 11) is 1.67. The number of aliphatic imine (C=N–C) groups is 1. The van der Waals surface area contributed by atoms with Gasteiger partial charge in [-0.1, -0.05) is 78.9 Å². The molecule has 0 bridgehead atoms. The Balaban J connectivity index is 1.90. The molecule has 0 spiro atoms. The Labute approximate surface area is 172 Å². The van der Waals surface area contributed by atoms with Crippen molar-refractivity contribution < 1.29 is 4.74 Å². The molecule has 0 saturated carbocycles. The van der Waals surface area contributed by atoms with E-state index in [-0.39, 0.29) is 0 Å². The highest BCUT2D eigenvalue weighted by molar-refractivity contribution is 6.10. The van der Waals surface area contributed by atoms with Gasteiger partial charge in [0, 0.05) is 11.3 Å². The highest BCUT2D eigenvalue weighted by atomic mass is 16.5. The monoisotopic (exact) mass is 377 g/mol. The van der Waals surface area contributed by atoms with Crippen LogP contribution in [-0.2, 0) is 0 Å². The summed E-state index contributed by atoms with van der Waals surface area (Å²) in [6, 6.07) is 35.3. The van der Waals surface area contributed by atoms with Gasteiger partial charge < -0.3 is 4.74 Å². The molecule has 4 aromatic rings. The Bertz CT molecular complexity index is 1060. The van der Waals surface area contributed by atoms with Crippen LogP contribution in [0.25, 0.3) is 22.3 Å². The molecule has 0 radical (unpaired) electrons. The maximum absolute atomic E-state index is 5.26. The van der Waals surface area contributed by atoms with E-state index >= 15 is 0 Å². The molecule has 2 nitrogen and oxygen atoms in total. The minimum absolute atomic E-state index is 0.830. The van der Waals surface area contributed by atoms with Crippen LogP contribution in [0.5, 0.6) is 5.75 Å². The van der Waals surface area contributed by atoms with E-state index in [1.54, 1.807) is 7.11 Å². The van der Waals surface area contributed by atoms with Crippen LogP contribution in [0.15, 0.2) is 108 Å². The van der Waals surface area contributed by atoms with Crippen LogP contribution in [0.4, 0.5) is 5.69 Å². The molecule has 4 aromatic carbocycles. The molecule has 0 unspecified atom stereocenters. The topological polar surface area (TPSA) is 21.6 Å². The predicted octanol–water partition coefficient (Wildman–Crippen LogP) is 7.17. The van der Waals surface area contributed by atoms with Crippen molar-refractivity contribution in [3.05, 3.63) is 109 Å². The third-order valence-electron chi connectivity index (χ3n) is 4.97. The molecule has 0 heterocycles. The van der Waals surface area contributed by atoms with Crippen molar-refractivity contribution in [3.63, 3.8) is 0 Å². The van der Waals surface area contributed by atoms with E-state index in [0.717, 1.165) is 22.7 Å². The Morgan fingerprint density at radius 2 is 1.14 bits per heavy atom. The molecule has 0 fully saturated rings. The second-order valence-electron chi connectivity index (χ2n) is 6.86. The second-order valence-corrected chi connectivity index (χ2v) is 6.86. The number of nitrogens with zero attached hydrogens (tertiary/aromatic N) is 1. The lowest BCUT2D eigenvalue weighted by molar-refractivity contribution is 0.415. The number of benzene rings is 4. The van der Waals surface area contributed by atoms with Crippen LogP contribution in [0.3, 0.4) is 0 Å². The fourth-order valence-corrected chi connectivity index (χ4v) is 3.56. The summed E-state index contributed by atoms with van der Waals surface area (Å²) in [6.45, 7) is 2.08. The molecule has 0 aliphatic rings. The zero-order valence-corrected chi connectivity index (χ0v) is 16.7. The van der Waals surface area contributed by atoms with Crippen LogP contribution in [0.1, 0.15) is 12.5 Å². The number of methoxy groups -OCH3 is 1. The fourth-order valence-electron chi connectivity index (χ4n) is 3.56. The number of rotatable bonds is 5. The van der Waals surface area contributed by atoms with Gasteiger partial charge in [-0.2, -0.15) is 0 Å². The first-order valence-electron chi connectivity index (χ1n) is 9.70. The zero-order valence-electron chi connectivity index (χ0n) is 16.7. The van der Waals surface area contributed by atoms with Crippen molar-refractivity contribution in [3.8, 4) is 28.0 Å². The van der Waals surface area contributed by atoms with Gasteiger partial charge in [0.1, 0.15) is 5.75 Å². The standard InChI is InChI=1S/C27H23NO/c1-20(28-23-16-18-24(29-2)19-17-23)27-25(21-10-5-3-6-11-21)14-9-15-26(27)22-12-7-4-8-13-22/h3-19H,1-2H3. The Morgan fingerprint density at radius 3 is 1.62 bits per heavy atom. The summed E-state index contributed by atoms with van der Waals surface area (Å²) in [5.74, 6) is 0.830. The molecule has 0 aromatic heterocycles. The van der Waals surface area contributed by atoms with E-state index in [9.17, 15) is 0 Å². The van der Waals surface area contributed by atoms with Crippen LogP contribution in [0.2, 0.25) is 0 Å². The average Bonchev–Trinajstić information content (AvgIpc) is 2.80. The maximum atomic E-state index is 5.26. The molecule has 0 saturated heterocycles. The lowest BCUT2D eigenvalue weighted by Crippen LogP contribution is -2.01. The zero-order chi connectivity index (χ0) is 20.1. The Hall–Kier alpha value is -3.65. The fraction of sp³-hybridized carbons (Fsp3) is 0.0741. The van der Waals surface area contributed by atoms with E-state index in [1.165, 1.54) is 22.3 Å². The number of hydrogen-bond donors (Lipinski definition) is 0. The van der Waals surface area contributed by atoms with Crippen LogP contribution in [0, 0.1) is 0 Å². The van der Waals surface area contributed by atoms with Gasteiger partial charge in [0.05, 0.1) is 12.8 Å². The molecule has 0 aliphatic carbocycles. The molecule has 4 rings (SSSR count). The van der Waals surface area contributed by atoms with Gasteiger partial charge in [-0.25, -0.2) is 0 Å². The molecule has 0 aliphatic heterocycles. The van der Waals surface area contributed by atoms with Gasteiger partial charge in [-0.3, -0.25) is 4.99 Å². The van der Waals surface area contributed by atoms with Gasteiger partial charge in [-0.15, -0.1) is 0 Å². The molecule has 2 heteroatoms. The molecule has 142 valence electrons. The summed E-state index contributed by atoms with van der Waals surface area (Å²) in [4.78, 5) is 4.94. The van der Waals surface area contributed by atoms with Crippen molar-refractivity contribution in [2.75, 3.05) is 7.11 Å². The predicted molar refractivity (Wildman–Crippen MR) is 122 cm³/mol. The largest absolute Gasteiger partial charge is 0.497 e. The quantitative estimate of drug-likeness (QED) is 0.338. The smallest absolute Gasteiger partial charge is 0.119 e. The average molecular weight is 377 g/mol. The van der Waals surface area contributed by atoms with Gasteiger partial charge >= 0.3 is 0 Å². The van der Waals surface area contributed by atoms with E-state index < -0.39 is 0 Å². The van der Waals surface area contributed by atoms with Crippen molar-refractivity contribution in [1.82, 2.24) is 0 Å². The highest BCUT2D eigenvalue weighted by Gasteiger charge is 2.14. The number of ether oxygens (including phenoxy) is 1. The van der Waals surface area contributed by atoms with Crippen LogP contribution in [-0.4, -0.2) is 12.8 Å². The highest BCUT2D eigenvalue weighted by Crippen LogP contribution is 2.34. The number of hydrogen-bond acceptors (Lipinski definition) is 2. The summed E-state index contributed by atoms with van der Waals surface area (Å²) in [5.41, 5.74) is 7.77. The van der Waals surface area contributed by atoms with Crippen molar-refractivity contribution in [2.45, 2.75) is 6.92 Å². The first kappa shape index (κ1) is 18.7. The molecule has 0 atom stereocenters. The van der Waals surface area contributed by atoms with E-state index in [0.29, 0.717) is 0 Å². The maximum Gasteiger partial charge on any atom is 0.119 e. The molecule has 0 amide bonds. The van der Waals surface area contributed by atoms with Crippen LogP contribution < -0.4 is 4.74 Å². The van der Waals surface area contributed by atoms with E-state index in [2.05, 4.69) is 73.7 Å². The molecular formula is C27H23NO. The first-order chi connectivity index (χ1) is 14.3. The van der Waals surface area contributed by atoms with Gasteiger partial charge in [-0.05, 0) is 53.4 Å². The minimum atomic E-state index is 0.830. The van der Waals surface area contributed by atoms with E-state index in [4.69, 9.17) is 9.73 Å². The lowest BCUT2D eigenvalue weighted by atomic mass is 9.89. The minimum Gasteiger partial charge on any atom is -0.497 e. The second kappa shape index (κ2) is 8.57. The normalized spacial score (nSPS) is 11.3. The summed E-state index contributed by atoms with van der Waals surface area (Å²) in [5, 5.41) is 0. The first-order valence-corrected chi connectivity index (χ1v) is 9.70. The van der Waals surface area contributed by atoms with E-state index in [1.807, 2.05) is 36.4 Å². The van der Waals surface area contributed by atoms with Crippen molar-refractivity contribution in [2.24, 2.45) is 4.99 Å². The van der Waals surface area contributed by atoms with Crippen molar-refractivity contribution >= 4 is 11.4 Å². The molecular weight excluding hydrogens is 354 g/mol. The van der Waals surface area contributed by atoms with Crippen molar-refractivity contribution in [1.29, 1.82) is 0 Å². The molecule has 29 heavy (non-hydrogen) atoms. The van der Waals surface area contributed by atoms with Crippen LogP contribution >= 0.6 is 0 Å². The lowest BCUT2D eigenvalue weighted by Gasteiger charge is -2.16. The van der Waals surface area contributed by atoms with Gasteiger partial charge in [0.15, 0.2) is 0 Å². The SMILES string of the molecule is COc1ccc(N=C(C)c2c(-c3ccccc3)cccc2-c2ccccc2)cc1. The van der Waals surface area contributed by atoms with Gasteiger partial charge in [0.25, 0.3) is 0 Å². The Kier molecular flexibility index (Phi) is 5.53. The summed E-state index contributed by atoms with van der Waals surface area (Å²) < 4.78 is 5.26. The Morgan fingerprint density at radius 1 is 0.621 bits per heavy atom.